The molecular formula is C22H36O8P+. The molecule has 0 spiro atoms. The summed E-state index contributed by atoms with van der Waals surface area (Å²) in [5.74, 6) is -1.40. The molecular weight excluding hydrogens is 423 g/mol. The van der Waals surface area contributed by atoms with Crippen molar-refractivity contribution in [1.29, 1.82) is 0 Å². The fourth-order valence-electron chi connectivity index (χ4n) is 3.38. The summed E-state index contributed by atoms with van der Waals surface area (Å²) < 4.78 is 23.7. The van der Waals surface area contributed by atoms with Crippen LogP contribution in [0.4, 0.5) is 0 Å². The Kier molecular flexibility index (Phi) is 13.9. The van der Waals surface area contributed by atoms with Crippen LogP contribution in [0.2, 0.25) is 0 Å². The number of ether oxygens (including phenoxy) is 3. The molecule has 0 bridgehead atoms. The average molecular weight is 459 g/mol. The van der Waals surface area contributed by atoms with E-state index < -0.39 is 17.7 Å². The number of methoxy groups -OCH3 is 3. The molecule has 1 rings (SSSR count). The van der Waals surface area contributed by atoms with Crippen LogP contribution in [-0.2, 0) is 23.9 Å². The predicted octanol–water partition coefficient (Wildman–Crippen LogP) is 4.29. The van der Waals surface area contributed by atoms with E-state index in [0.29, 0.717) is 17.9 Å². The van der Waals surface area contributed by atoms with Gasteiger partial charge >= 0.3 is 15.1 Å². The number of carbonyl (C=O) groups is 2. The van der Waals surface area contributed by atoms with E-state index >= 15 is 0 Å². The molecule has 0 radical (unpaired) electrons. The third kappa shape index (κ3) is 10.2. The van der Waals surface area contributed by atoms with Crippen LogP contribution in [0.5, 0.6) is 11.5 Å². The molecule has 1 aromatic carbocycles. The highest BCUT2D eigenvalue weighted by Crippen LogP contribution is 2.34. The van der Waals surface area contributed by atoms with Crippen molar-refractivity contribution in [3.63, 3.8) is 0 Å². The Bertz CT molecular complexity index is 664. The summed E-state index contributed by atoms with van der Waals surface area (Å²) in [7, 11) is 5.61. The first-order chi connectivity index (χ1) is 14.6. The minimum absolute atomic E-state index is 0.0635. The van der Waals surface area contributed by atoms with E-state index in [0.717, 1.165) is 6.42 Å². The number of rotatable bonds is 12. The fraction of sp³-hybridized carbons (Fsp3) is 0.636. The molecule has 1 aromatic rings. The largest absolute Gasteiger partial charge is 0.496 e. The SMILES string of the molecule is COCCOOC(=O)C(CC(C)CC(C)(C)C)C(=O)c1c(OC)cccc1OC.O=[PH2+]. The first-order valence-corrected chi connectivity index (χ1v) is 10.4. The van der Waals surface area contributed by atoms with E-state index in [1.165, 1.54) is 30.4 Å². The summed E-state index contributed by atoms with van der Waals surface area (Å²) in [5, 5.41) is 0. The maximum atomic E-state index is 13.4. The van der Waals surface area contributed by atoms with Crippen molar-refractivity contribution in [1.82, 2.24) is 0 Å². The highest BCUT2D eigenvalue weighted by atomic mass is 31.0. The summed E-state index contributed by atoms with van der Waals surface area (Å²) >= 11 is 0. The maximum absolute atomic E-state index is 13.4. The van der Waals surface area contributed by atoms with Gasteiger partial charge in [0, 0.05) is 7.11 Å². The van der Waals surface area contributed by atoms with Crippen molar-refractivity contribution in [2.45, 2.75) is 40.5 Å². The van der Waals surface area contributed by atoms with Gasteiger partial charge in [-0.05, 0) is 36.3 Å². The predicted molar refractivity (Wildman–Crippen MR) is 120 cm³/mol. The van der Waals surface area contributed by atoms with E-state index in [4.69, 9.17) is 28.6 Å². The standard InChI is InChI=1S/C22H34O7.H2OP/c1-15(14-22(2,3)4)13-16(21(24)29-28-12-11-25-5)20(23)19-17(26-6)9-8-10-18(19)27-7;1-2/h8-10,15-16H,11-14H2,1-7H3;2H2/q;+1. The third-order valence-electron chi connectivity index (χ3n) is 4.39. The molecule has 0 fully saturated rings. The molecule has 0 aliphatic rings. The third-order valence-corrected chi connectivity index (χ3v) is 4.39. The van der Waals surface area contributed by atoms with Gasteiger partial charge in [0.05, 0.1) is 20.8 Å². The Morgan fingerprint density at radius 3 is 2.00 bits per heavy atom. The van der Waals surface area contributed by atoms with Crippen molar-refractivity contribution in [3.05, 3.63) is 23.8 Å². The Hall–Kier alpha value is -2.02. The number of carbonyl (C=O) groups excluding carboxylic acids is 2. The van der Waals surface area contributed by atoms with Gasteiger partial charge in [-0.15, -0.1) is 0 Å². The van der Waals surface area contributed by atoms with Crippen molar-refractivity contribution in [3.8, 4) is 11.5 Å². The van der Waals surface area contributed by atoms with E-state index in [-0.39, 0.29) is 30.1 Å². The van der Waals surface area contributed by atoms with Crippen molar-refractivity contribution in [2.24, 2.45) is 17.3 Å². The number of benzene rings is 1. The summed E-state index contributed by atoms with van der Waals surface area (Å²) in [6.45, 7) is 8.73. The highest BCUT2D eigenvalue weighted by molar-refractivity contribution is 7.00. The van der Waals surface area contributed by atoms with Crippen LogP contribution in [0.1, 0.15) is 50.9 Å². The molecule has 0 aliphatic carbocycles. The molecule has 0 saturated carbocycles. The second kappa shape index (κ2) is 14.9. The minimum Gasteiger partial charge on any atom is -0.496 e. The monoisotopic (exact) mass is 459 g/mol. The summed E-state index contributed by atoms with van der Waals surface area (Å²) in [6, 6.07) is 5.04. The average Bonchev–Trinajstić information content (AvgIpc) is 2.73. The zero-order valence-corrected chi connectivity index (χ0v) is 20.7. The Balaban J connectivity index is 0.00000436. The first-order valence-electron chi connectivity index (χ1n) is 9.95. The lowest BCUT2D eigenvalue weighted by molar-refractivity contribution is -0.278. The lowest BCUT2D eigenvalue weighted by Crippen LogP contribution is -2.30. The van der Waals surface area contributed by atoms with E-state index in [2.05, 4.69) is 20.8 Å². The molecule has 3 unspecified atom stereocenters. The van der Waals surface area contributed by atoms with E-state index in [1.807, 2.05) is 6.92 Å². The lowest BCUT2D eigenvalue weighted by atomic mass is 9.80. The minimum atomic E-state index is -1.04. The van der Waals surface area contributed by atoms with Gasteiger partial charge in [-0.1, -0.05) is 38.3 Å². The summed E-state index contributed by atoms with van der Waals surface area (Å²) in [6.07, 6.45) is 1.17. The first kappa shape index (κ1) is 29.0. The summed E-state index contributed by atoms with van der Waals surface area (Å²) in [4.78, 5) is 35.9. The molecule has 31 heavy (non-hydrogen) atoms. The van der Waals surface area contributed by atoms with Crippen molar-refractivity contribution >= 4 is 20.9 Å². The molecule has 0 aromatic heterocycles. The van der Waals surface area contributed by atoms with Gasteiger partial charge in [-0.3, -0.25) is 9.68 Å². The van der Waals surface area contributed by atoms with Crippen LogP contribution in [0.15, 0.2) is 18.2 Å². The van der Waals surface area contributed by atoms with Crippen LogP contribution < -0.4 is 9.47 Å². The Morgan fingerprint density at radius 1 is 1.00 bits per heavy atom. The van der Waals surface area contributed by atoms with Crippen molar-refractivity contribution in [2.75, 3.05) is 34.5 Å². The quantitative estimate of drug-likeness (QED) is 0.114. The van der Waals surface area contributed by atoms with Gasteiger partial charge in [-0.2, -0.15) is 4.89 Å². The second-order valence-electron chi connectivity index (χ2n) is 8.28. The van der Waals surface area contributed by atoms with Gasteiger partial charge < -0.3 is 14.2 Å². The number of hydrogen-bond acceptors (Lipinski definition) is 8. The molecule has 0 N–H and O–H groups in total. The molecule has 3 atom stereocenters. The Morgan fingerprint density at radius 2 is 1.55 bits per heavy atom. The Labute approximate surface area is 187 Å². The van der Waals surface area contributed by atoms with Crippen LogP contribution in [0.3, 0.4) is 0 Å². The van der Waals surface area contributed by atoms with Gasteiger partial charge in [0.2, 0.25) is 0 Å². The molecule has 0 saturated heterocycles. The smallest absolute Gasteiger partial charge is 0.353 e. The molecule has 0 heterocycles. The maximum Gasteiger partial charge on any atom is 0.353 e. The molecule has 0 aliphatic heterocycles. The molecule has 8 nitrogen and oxygen atoms in total. The van der Waals surface area contributed by atoms with Crippen LogP contribution in [-0.4, -0.2) is 46.3 Å². The van der Waals surface area contributed by atoms with Crippen molar-refractivity contribution < 1.29 is 38.1 Å². The van der Waals surface area contributed by atoms with Gasteiger partial charge in [0.15, 0.2) is 5.78 Å². The van der Waals surface area contributed by atoms with Gasteiger partial charge in [0.1, 0.15) is 29.6 Å². The van der Waals surface area contributed by atoms with Gasteiger partial charge in [-0.25, -0.2) is 4.79 Å². The second-order valence-corrected chi connectivity index (χ2v) is 8.28. The van der Waals surface area contributed by atoms with Crippen LogP contribution in [0.25, 0.3) is 0 Å². The zero-order chi connectivity index (χ0) is 24.0. The molecule has 0 amide bonds. The van der Waals surface area contributed by atoms with E-state index in [1.54, 1.807) is 18.2 Å². The topological polar surface area (TPSA) is 97.4 Å². The van der Waals surface area contributed by atoms with E-state index in [9.17, 15) is 9.59 Å². The highest BCUT2D eigenvalue weighted by Gasteiger charge is 2.35. The van der Waals surface area contributed by atoms with Gasteiger partial charge in [0.25, 0.3) is 0 Å². The lowest BCUT2D eigenvalue weighted by Gasteiger charge is -2.25. The number of hydrogen-bond donors (Lipinski definition) is 0. The summed E-state index contributed by atoms with van der Waals surface area (Å²) in [5.41, 5.74) is 0.285. The number of ketones is 1. The van der Waals surface area contributed by atoms with Crippen LogP contribution in [0, 0.1) is 17.3 Å². The zero-order valence-electron chi connectivity index (χ0n) is 19.6. The fourth-order valence-corrected chi connectivity index (χ4v) is 3.38. The normalized spacial score (nSPS) is 12.7. The molecule has 176 valence electrons. The molecule has 9 heteroatoms. The van der Waals surface area contributed by atoms with Crippen LogP contribution >= 0.6 is 9.12 Å². The number of Topliss-reactive ketones (excluding diaryl/α,β-unsaturated/α-hetero) is 1.